The van der Waals surface area contributed by atoms with Gasteiger partial charge in [-0.15, -0.1) is 0 Å². The molecule has 0 saturated heterocycles. The van der Waals surface area contributed by atoms with Crippen molar-refractivity contribution in [3.8, 4) is 0 Å². The molecule has 10 nitrogen and oxygen atoms in total. The number of ketones is 1. The summed E-state index contributed by atoms with van der Waals surface area (Å²) in [6, 6.07) is 35.6. The first-order chi connectivity index (χ1) is 33.5. The Morgan fingerprint density at radius 1 is 0.743 bits per heavy atom. The van der Waals surface area contributed by atoms with Gasteiger partial charge in [-0.05, 0) is 98.7 Å². The van der Waals surface area contributed by atoms with Crippen molar-refractivity contribution in [3.63, 3.8) is 0 Å². The Hall–Kier alpha value is -6.43. The van der Waals surface area contributed by atoms with Gasteiger partial charge in [-0.3, -0.25) is 18.9 Å². The van der Waals surface area contributed by atoms with Crippen molar-refractivity contribution in [3.05, 3.63) is 179 Å². The van der Waals surface area contributed by atoms with E-state index in [0.29, 0.717) is 50.0 Å². The summed E-state index contributed by atoms with van der Waals surface area (Å²) in [4.78, 5) is 41.3. The highest BCUT2D eigenvalue weighted by molar-refractivity contribution is 7.85. The van der Waals surface area contributed by atoms with Crippen LogP contribution in [0.15, 0.2) is 145 Å². The van der Waals surface area contributed by atoms with Crippen LogP contribution in [0.3, 0.4) is 0 Å². The highest BCUT2D eigenvalue weighted by atomic mass is 32.2. The van der Waals surface area contributed by atoms with Crippen molar-refractivity contribution in [2.45, 2.75) is 103 Å². The Morgan fingerprint density at radius 2 is 1.46 bits per heavy atom. The second-order valence-corrected chi connectivity index (χ2v) is 21.2. The molecule has 7 rings (SSSR count). The smallest absolute Gasteiger partial charge is 0.264 e. The Morgan fingerprint density at radius 3 is 2.20 bits per heavy atom. The minimum absolute atomic E-state index is 0.000592. The molecule has 0 radical (unpaired) electrons. The molecule has 0 saturated carbocycles. The van der Waals surface area contributed by atoms with Gasteiger partial charge in [0.2, 0.25) is 17.5 Å². The fourth-order valence-corrected chi connectivity index (χ4v) is 10.7. The summed E-state index contributed by atoms with van der Waals surface area (Å²) in [5.74, 6) is -0.757. The van der Waals surface area contributed by atoms with Crippen LogP contribution in [0.25, 0.3) is 10.8 Å². The maximum Gasteiger partial charge on any atom is 0.264 e. The molecule has 5 aromatic rings. The lowest BCUT2D eigenvalue weighted by Crippen LogP contribution is -2.29. The molecular weight excluding hydrogens is 893 g/mol. The van der Waals surface area contributed by atoms with Gasteiger partial charge in [0.05, 0.1) is 23.5 Å². The SMILES string of the molecule is CCN1/C(=C/C=C/C=C/C2=[N+](CCCCS(=O)(=O)O)c3ccc4ccccc4c3C2(C)C)C(C)(C)c2cc(CC(=O)NCCCCCCNC(=O)[C@@H](C)c3cccc(C(=O)c4ccccc4)c3)ccc21. The average molecular weight is 962 g/mol. The fraction of sp³-hybridized carbons (Fsp3) is 0.356. The maximum absolute atomic E-state index is 13.1. The number of fused-ring (bicyclic) bond motifs is 4. The van der Waals surface area contributed by atoms with Crippen LogP contribution in [0.2, 0.25) is 0 Å². The fourth-order valence-electron chi connectivity index (χ4n) is 10.2. The van der Waals surface area contributed by atoms with Crippen LogP contribution in [0.1, 0.15) is 124 Å². The number of nitrogens with one attached hydrogen (secondary N) is 2. The lowest BCUT2D eigenvalue weighted by Gasteiger charge is -2.25. The zero-order valence-electron chi connectivity index (χ0n) is 41.6. The number of nitrogens with zero attached hydrogens (tertiary/aromatic N) is 2. The van der Waals surface area contributed by atoms with Crippen LogP contribution in [0.5, 0.6) is 0 Å². The number of allylic oxidation sites excluding steroid dienone is 6. The molecular formula is C59H69N4O6S+. The second-order valence-electron chi connectivity index (χ2n) is 19.6. The molecule has 0 bridgehead atoms. The molecule has 0 aliphatic carbocycles. The van der Waals surface area contributed by atoms with Gasteiger partial charge in [0.1, 0.15) is 6.54 Å². The zero-order chi connectivity index (χ0) is 50.1. The quantitative estimate of drug-likeness (QED) is 0.0207. The normalized spacial score (nSPS) is 16.0. The molecule has 0 aromatic heterocycles. The first kappa shape index (κ1) is 51.4. The number of likely N-dealkylation sites (N-methyl/N-ethyl adjacent to an activating group) is 1. The van der Waals surface area contributed by atoms with Crippen LogP contribution in [-0.4, -0.2) is 72.8 Å². The summed E-state index contributed by atoms with van der Waals surface area (Å²) < 4.78 is 34.6. The van der Waals surface area contributed by atoms with E-state index in [1.54, 1.807) is 18.2 Å². The zero-order valence-corrected chi connectivity index (χ0v) is 42.4. The monoisotopic (exact) mass is 961 g/mol. The topological polar surface area (TPSA) is 136 Å². The first-order valence-electron chi connectivity index (χ1n) is 24.8. The van der Waals surface area contributed by atoms with Crippen LogP contribution in [0, 0.1) is 0 Å². The molecule has 2 aliphatic rings. The predicted molar refractivity (Wildman–Crippen MR) is 284 cm³/mol. The van der Waals surface area contributed by atoms with Gasteiger partial charge in [-0.2, -0.15) is 13.0 Å². The molecule has 1 atom stereocenters. The lowest BCUT2D eigenvalue weighted by atomic mass is 9.79. The van der Waals surface area contributed by atoms with Crippen molar-refractivity contribution in [1.29, 1.82) is 0 Å². The molecule has 11 heteroatoms. The molecule has 0 unspecified atom stereocenters. The molecule has 5 aromatic carbocycles. The highest BCUT2D eigenvalue weighted by Crippen LogP contribution is 2.48. The van der Waals surface area contributed by atoms with E-state index in [1.165, 1.54) is 27.6 Å². The molecule has 0 spiro atoms. The van der Waals surface area contributed by atoms with Gasteiger partial charge in [0, 0.05) is 71.7 Å². The molecule has 2 amide bonds. The summed E-state index contributed by atoms with van der Waals surface area (Å²) in [7, 11) is -4.02. The Bertz CT molecular complexity index is 2970. The summed E-state index contributed by atoms with van der Waals surface area (Å²) in [6.45, 7) is 15.6. The van der Waals surface area contributed by atoms with E-state index in [9.17, 15) is 27.4 Å². The lowest BCUT2D eigenvalue weighted by molar-refractivity contribution is -0.438. The van der Waals surface area contributed by atoms with E-state index in [4.69, 9.17) is 0 Å². The van der Waals surface area contributed by atoms with E-state index < -0.39 is 10.1 Å². The van der Waals surface area contributed by atoms with Crippen molar-refractivity contribution >= 4 is 55.6 Å². The predicted octanol–water partition coefficient (Wildman–Crippen LogP) is 11.1. The van der Waals surface area contributed by atoms with Crippen molar-refractivity contribution in [2.24, 2.45) is 0 Å². The second kappa shape index (κ2) is 22.5. The van der Waals surface area contributed by atoms with Gasteiger partial charge in [0.25, 0.3) is 10.1 Å². The highest BCUT2D eigenvalue weighted by Gasteiger charge is 2.45. The van der Waals surface area contributed by atoms with Gasteiger partial charge in [-0.25, -0.2) is 0 Å². The van der Waals surface area contributed by atoms with Gasteiger partial charge in [0.15, 0.2) is 11.5 Å². The molecule has 2 aliphatic heterocycles. The molecule has 0 fully saturated rings. The number of unbranched alkanes of at least 4 members (excludes halogenated alkanes) is 4. The Balaban J connectivity index is 0.890. The third-order valence-corrected chi connectivity index (χ3v) is 14.8. The van der Waals surface area contributed by atoms with E-state index >= 15 is 0 Å². The van der Waals surface area contributed by atoms with Gasteiger partial charge < -0.3 is 15.5 Å². The van der Waals surface area contributed by atoms with Crippen LogP contribution < -0.4 is 15.5 Å². The van der Waals surface area contributed by atoms with Crippen molar-refractivity contribution in [2.75, 3.05) is 36.8 Å². The average Bonchev–Trinajstić information content (AvgIpc) is 3.70. The minimum atomic E-state index is -4.02. The van der Waals surface area contributed by atoms with E-state index in [-0.39, 0.29) is 40.1 Å². The number of benzene rings is 5. The summed E-state index contributed by atoms with van der Waals surface area (Å²) in [6.07, 6.45) is 15.5. The Kier molecular flexibility index (Phi) is 16.6. The number of carbonyl (C=O) groups excluding carboxylic acids is 3. The molecule has 2 heterocycles. The molecule has 3 N–H and O–H groups in total. The van der Waals surface area contributed by atoms with E-state index in [2.05, 4.69) is 140 Å². The number of amides is 2. The van der Waals surface area contributed by atoms with Crippen molar-refractivity contribution in [1.82, 2.24) is 10.6 Å². The van der Waals surface area contributed by atoms with Crippen LogP contribution >= 0.6 is 0 Å². The third-order valence-electron chi connectivity index (χ3n) is 14.0. The molecule has 366 valence electrons. The molecule has 70 heavy (non-hydrogen) atoms. The summed E-state index contributed by atoms with van der Waals surface area (Å²) in [5, 5.41) is 8.54. The van der Waals surface area contributed by atoms with Gasteiger partial charge >= 0.3 is 0 Å². The summed E-state index contributed by atoms with van der Waals surface area (Å²) >= 11 is 0. The standard InChI is InChI=1S/C59H68N4O6S/c1-7-62-50-33-31-43(40-54(64)60-35-18-8-9-19-36-61-57(66)42(2)46-26-22-27-47(41-46)56(65)45-24-12-10-13-25-45)39-49(50)58(3,4)52(62)29-14-11-15-30-53-59(5,6)55-48-28-17-16-23-44(48)32-34-51(55)63(53)37-20-21-38-70(67,68)69/h10-17,22-34,39,41-42H,7-9,18-21,35-38,40H2,1-6H3,(H2-,60,61,64,66,67,68,69)/p+1/t42-/m0/s1. The van der Waals surface area contributed by atoms with Crippen molar-refractivity contribution < 1.29 is 31.9 Å². The summed E-state index contributed by atoms with van der Waals surface area (Å²) in [5.41, 5.74) is 9.42. The number of rotatable bonds is 22. The van der Waals surface area contributed by atoms with E-state index in [1.807, 2.05) is 43.3 Å². The number of hydrogen-bond acceptors (Lipinski definition) is 6. The van der Waals surface area contributed by atoms with Gasteiger partial charge in [-0.1, -0.05) is 130 Å². The van der Waals surface area contributed by atoms with E-state index in [0.717, 1.165) is 60.4 Å². The minimum Gasteiger partial charge on any atom is -0.356 e. The third kappa shape index (κ3) is 11.9. The first-order valence-corrected chi connectivity index (χ1v) is 26.4. The van der Waals surface area contributed by atoms with Crippen LogP contribution in [-0.2, 0) is 37.0 Å². The maximum atomic E-state index is 13.1. The number of carbonyl (C=O) groups is 3. The Labute approximate surface area is 415 Å². The number of anilines is 1. The number of hydrogen-bond donors (Lipinski definition) is 3. The largest absolute Gasteiger partial charge is 0.356 e. The van der Waals surface area contributed by atoms with Crippen LogP contribution in [0.4, 0.5) is 11.4 Å².